The van der Waals surface area contributed by atoms with E-state index in [1.165, 1.54) is 19.3 Å². The van der Waals surface area contributed by atoms with Crippen LogP contribution < -0.4 is 5.32 Å². The zero-order valence-corrected chi connectivity index (χ0v) is 12.7. The molecule has 0 saturated heterocycles. The van der Waals surface area contributed by atoms with Gasteiger partial charge in [0.25, 0.3) is 0 Å². The molecule has 1 fully saturated rings. The van der Waals surface area contributed by atoms with E-state index in [1.54, 1.807) is 0 Å². The minimum Gasteiger partial charge on any atom is -0.380 e. The van der Waals surface area contributed by atoms with Crippen LogP contribution in [-0.2, 0) is 0 Å². The highest BCUT2D eigenvalue weighted by Crippen LogP contribution is 2.48. The van der Waals surface area contributed by atoms with E-state index in [-0.39, 0.29) is 12.4 Å². The maximum absolute atomic E-state index is 5.31. The molecule has 0 bridgehead atoms. The van der Waals surface area contributed by atoms with Crippen LogP contribution in [0.25, 0.3) is 0 Å². The summed E-state index contributed by atoms with van der Waals surface area (Å²) in [6, 6.07) is 0. The van der Waals surface area contributed by atoms with Crippen molar-refractivity contribution in [3.05, 3.63) is 5.76 Å². The molecule has 0 spiro atoms. The average Bonchev–Trinajstić information content (AvgIpc) is 2.44. The van der Waals surface area contributed by atoms with E-state index in [4.69, 9.17) is 4.52 Å². The van der Waals surface area contributed by atoms with Crippen molar-refractivity contribution in [3.8, 4) is 0 Å². The summed E-state index contributed by atoms with van der Waals surface area (Å²) in [5.74, 6) is 1.79. The van der Waals surface area contributed by atoms with Crippen LogP contribution in [0.5, 0.6) is 0 Å². The number of halogens is 1. The number of rotatable bonds is 4. The lowest BCUT2D eigenvalue weighted by Gasteiger charge is -2.28. The zero-order chi connectivity index (χ0) is 11.8. The summed E-state index contributed by atoms with van der Waals surface area (Å²) in [7, 11) is 1.43. The van der Waals surface area contributed by atoms with Crippen LogP contribution in [0.1, 0.15) is 25.0 Å². The van der Waals surface area contributed by atoms with E-state index in [1.807, 2.05) is 6.92 Å². The number of hydrogen-bond acceptors (Lipinski definition) is 3. The van der Waals surface area contributed by atoms with Gasteiger partial charge >= 0.3 is 0 Å². The second-order valence-electron chi connectivity index (χ2n) is 5.43. The van der Waals surface area contributed by atoms with Gasteiger partial charge in [-0.15, -0.1) is 12.4 Å². The van der Waals surface area contributed by atoms with E-state index >= 15 is 0 Å². The molecule has 0 unspecified atom stereocenters. The van der Waals surface area contributed by atoms with Crippen molar-refractivity contribution in [2.45, 2.75) is 31.2 Å². The maximum Gasteiger partial charge on any atom is 0.159 e. The fourth-order valence-corrected chi connectivity index (χ4v) is 3.00. The molecule has 3 nitrogen and oxygen atoms in total. The third kappa shape index (κ3) is 3.35. The molecule has 1 aliphatic carbocycles. The predicted molar refractivity (Wildman–Crippen MR) is 80.6 cm³/mol. The van der Waals surface area contributed by atoms with Crippen molar-refractivity contribution < 1.29 is 4.52 Å². The highest BCUT2D eigenvalue weighted by Gasteiger charge is 2.23. The molecule has 6 heteroatoms. The molecule has 0 atom stereocenters. The summed E-state index contributed by atoms with van der Waals surface area (Å²) in [4.78, 5) is 0. The summed E-state index contributed by atoms with van der Waals surface area (Å²) >= 11 is 0. The van der Waals surface area contributed by atoms with Crippen molar-refractivity contribution in [2.75, 3.05) is 24.4 Å². The van der Waals surface area contributed by atoms with Crippen LogP contribution in [-0.4, -0.2) is 31.3 Å². The highest BCUT2D eigenvalue weighted by atomic mass is 35.5. The molecule has 0 aromatic carbocycles. The Hall–Kier alpha value is -0.285. The maximum atomic E-state index is 5.31. The molecule has 2 rings (SSSR count). The highest BCUT2D eigenvalue weighted by molar-refractivity contribution is 8.49. The summed E-state index contributed by atoms with van der Waals surface area (Å²) in [6.07, 6.45) is 8.63. The molecule has 98 valence electrons. The lowest BCUT2D eigenvalue weighted by Crippen LogP contribution is -2.21. The van der Waals surface area contributed by atoms with Crippen molar-refractivity contribution in [1.82, 2.24) is 5.16 Å². The minimum absolute atomic E-state index is 0. The number of nitrogens with zero attached hydrogens (tertiary/aromatic N) is 1. The third-order valence-corrected chi connectivity index (χ3v) is 4.64. The summed E-state index contributed by atoms with van der Waals surface area (Å²) in [5, 5.41) is 8.87. The molecular formula is C11H22BClN2OS. The lowest BCUT2D eigenvalue weighted by molar-refractivity contribution is 0.333. The molecular weight excluding hydrogens is 254 g/mol. The Morgan fingerprint density at radius 2 is 2.12 bits per heavy atom. The van der Waals surface area contributed by atoms with Crippen LogP contribution in [0.3, 0.4) is 0 Å². The van der Waals surface area contributed by atoms with Crippen LogP contribution >= 0.6 is 22.3 Å². The normalized spacial score (nSPS) is 17.1. The van der Waals surface area contributed by atoms with Gasteiger partial charge in [0.05, 0.1) is 0 Å². The van der Waals surface area contributed by atoms with Crippen LogP contribution in [0.4, 0.5) is 5.69 Å². The van der Waals surface area contributed by atoms with Gasteiger partial charge in [-0.05, 0) is 38.2 Å². The zero-order valence-electron chi connectivity index (χ0n) is 11.1. The molecule has 1 aromatic rings. The molecule has 1 aliphatic rings. The van der Waals surface area contributed by atoms with E-state index in [0.717, 1.165) is 28.9 Å². The van der Waals surface area contributed by atoms with Crippen molar-refractivity contribution in [1.29, 1.82) is 0 Å². The first-order valence-corrected chi connectivity index (χ1v) is 8.73. The second-order valence-corrected chi connectivity index (χ2v) is 9.49. The van der Waals surface area contributed by atoms with Gasteiger partial charge in [-0.2, -0.15) is 0 Å². The van der Waals surface area contributed by atoms with Gasteiger partial charge in [0.2, 0.25) is 0 Å². The van der Waals surface area contributed by atoms with Crippen LogP contribution in [0.2, 0.25) is 0 Å². The minimum atomic E-state index is -0.817. The fourth-order valence-electron chi connectivity index (χ4n) is 1.91. The van der Waals surface area contributed by atoms with Gasteiger partial charge in [-0.3, -0.25) is 0 Å². The van der Waals surface area contributed by atoms with Gasteiger partial charge < -0.3 is 9.84 Å². The van der Waals surface area contributed by atoms with Crippen LogP contribution in [0, 0.1) is 12.8 Å². The third-order valence-electron chi connectivity index (χ3n) is 3.20. The predicted octanol–water partition coefficient (Wildman–Crippen LogP) is 2.59. The summed E-state index contributed by atoms with van der Waals surface area (Å²) < 4.78 is 5.31. The van der Waals surface area contributed by atoms with E-state index in [0.29, 0.717) is 0 Å². The second kappa shape index (κ2) is 5.57. The Kier molecular flexibility index (Phi) is 4.84. The largest absolute Gasteiger partial charge is 0.380 e. The Morgan fingerprint density at radius 3 is 2.59 bits per heavy atom. The Morgan fingerprint density at radius 1 is 1.47 bits per heavy atom. The molecule has 1 saturated carbocycles. The number of hydrogen-bond donors (Lipinski definition) is 1. The van der Waals surface area contributed by atoms with Gasteiger partial charge in [-0.1, -0.05) is 11.6 Å². The van der Waals surface area contributed by atoms with Crippen molar-refractivity contribution >= 4 is 35.1 Å². The number of nitrogens with one attached hydrogen (secondary N) is 1. The van der Waals surface area contributed by atoms with Crippen molar-refractivity contribution in [3.63, 3.8) is 0 Å². The fraction of sp³-hybridized carbons (Fsp3) is 0.727. The molecule has 0 radical (unpaired) electrons. The van der Waals surface area contributed by atoms with E-state index in [2.05, 4.69) is 30.1 Å². The molecule has 1 N–H and O–H groups in total. The lowest BCUT2D eigenvalue weighted by atomic mass is 9.85. The summed E-state index contributed by atoms with van der Waals surface area (Å²) in [6.45, 7) is 3.06. The summed E-state index contributed by atoms with van der Waals surface area (Å²) in [5.41, 5.74) is 1.15. The molecule has 0 aliphatic heterocycles. The van der Waals surface area contributed by atoms with Crippen LogP contribution in [0.15, 0.2) is 9.55 Å². The number of aromatic nitrogens is 1. The topological polar surface area (TPSA) is 38.1 Å². The van der Waals surface area contributed by atoms with Gasteiger partial charge in [0.15, 0.2) is 12.9 Å². The molecule has 0 amide bonds. The monoisotopic (exact) mass is 276 g/mol. The van der Waals surface area contributed by atoms with Gasteiger partial charge in [-0.25, -0.2) is 9.88 Å². The average molecular weight is 277 g/mol. The van der Waals surface area contributed by atoms with Gasteiger partial charge in [0, 0.05) is 6.54 Å². The first kappa shape index (κ1) is 14.8. The first-order valence-electron chi connectivity index (χ1n) is 5.87. The van der Waals surface area contributed by atoms with E-state index < -0.39 is 9.88 Å². The number of anilines is 1. The number of aryl methyl sites for hydroxylation is 1. The first-order chi connectivity index (χ1) is 7.48. The molecule has 17 heavy (non-hydrogen) atoms. The van der Waals surface area contributed by atoms with E-state index in [9.17, 15) is 0 Å². The molecule has 1 heterocycles. The van der Waals surface area contributed by atoms with Gasteiger partial charge in [0.1, 0.15) is 10.7 Å². The Labute approximate surface area is 112 Å². The van der Waals surface area contributed by atoms with Crippen molar-refractivity contribution in [2.24, 2.45) is 5.92 Å². The SMILES string of the molecule is BS(C)(C)c1noc(C)c1NCC1CCC1.Cl. The Bertz CT molecular complexity index is 374. The Balaban J connectivity index is 0.00000144. The molecule has 1 aromatic heterocycles. The standard InChI is InChI=1S/C11H21BN2OS.ClH/c1-8-10(13-7-9-5-4-6-9)11(14-15-8)16(2,3)12;/h9,13H,4-7,12H2,1-3H3;1H. The smallest absolute Gasteiger partial charge is 0.159 e. The quantitative estimate of drug-likeness (QED) is 0.859.